The number of rotatable bonds is 12. The number of esters is 3. The van der Waals surface area contributed by atoms with Crippen LogP contribution in [-0.4, -0.2) is 43.6 Å². The van der Waals surface area contributed by atoms with Crippen molar-refractivity contribution >= 4 is 29.5 Å². The first-order chi connectivity index (χ1) is 19.2. The van der Waals surface area contributed by atoms with E-state index in [-0.39, 0.29) is 31.5 Å². The van der Waals surface area contributed by atoms with Gasteiger partial charge in [-0.15, -0.1) is 0 Å². The molecular weight excluding hydrogens is 510 g/mol. The van der Waals surface area contributed by atoms with Crippen LogP contribution in [0.3, 0.4) is 0 Å². The Hall–Kier alpha value is -4.46. The molecule has 210 valence electrons. The smallest absolute Gasteiger partial charge is 0.331 e. The Morgan fingerprint density at radius 1 is 0.750 bits per heavy atom. The second-order valence-electron chi connectivity index (χ2n) is 9.44. The van der Waals surface area contributed by atoms with Crippen LogP contribution in [0.15, 0.2) is 78.9 Å². The molecule has 8 nitrogen and oxygen atoms in total. The van der Waals surface area contributed by atoms with E-state index < -0.39 is 29.9 Å². The van der Waals surface area contributed by atoms with E-state index in [1.54, 1.807) is 74.5 Å². The Kier molecular flexibility index (Phi) is 10.6. The standard InChI is InChI=1S/C32H35NO7/c1-5-38-30(36)32(31(37)39-6-2,24-12-8-7-9-13-24)21-40-28(34)20-23-16-18-25(19-17-23)33-29(35)27-15-11-10-14-26(27)22(3)4/h7-19,22H,5-6,20-21H2,1-4H3,(H,33,35). The van der Waals surface area contributed by atoms with Crippen LogP contribution >= 0.6 is 0 Å². The van der Waals surface area contributed by atoms with Crippen LogP contribution in [0.25, 0.3) is 0 Å². The number of benzene rings is 3. The van der Waals surface area contributed by atoms with Crippen LogP contribution in [0.1, 0.15) is 60.7 Å². The molecule has 1 amide bonds. The molecular formula is C32H35NO7. The fourth-order valence-electron chi connectivity index (χ4n) is 4.27. The van der Waals surface area contributed by atoms with Crippen molar-refractivity contribution in [3.05, 3.63) is 101 Å². The van der Waals surface area contributed by atoms with E-state index in [1.165, 1.54) is 0 Å². The molecule has 8 heteroatoms. The lowest BCUT2D eigenvalue weighted by molar-refractivity contribution is -0.170. The zero-order valence-electron chi connectivity index (χ0n) is 23.3. The highest BCUT2D eigenvalue weighted by molar-refractivity contribution is 6.07. The van der Waals surface area contributed by atoms with Gasteiger partial charge in [0.05, 0.1) is 19.6 Å². The Morgan fingerprint density at radius 2 is 1.32 bits per heavy atom. The van der Waals surface area contributed by atoms with Gasteiger partial charge < -0.3 is 19.5 Å². The highest BCUT2D eigenvalue weighted by Gasteiger charge is 2.52. The third-order valence-electron chi connectivity index (χ3n) is 6.35. The molecule has 0 spiro atoms. The van der Waals surface area contributed by atoms with Crippen molar-refractivity contribution in [1.82, 2.24) is 0 Å². The van der Waals surface area contributed by atoms with Gasteiger partial charge in [0.25, 0.3) is 5.91 Å². The first kappa shape index (κ1) is 30.1. The molecule has 3 aromatic carbocycles. The zero-order valence-corrected chi connectivity index (χ0v) is 23.3. The van der Waals surface area contributed by atoms with Crippen molar-refractivity contribution in [2.24, 2.45) is 0 Å². The average molecular weight is 546 g/mol. The Morgan fingerprint density at radius 3 is 1.90 bits per heavy atom. The van der Waals surface area contributed by atoms with Crippen molar-refractivity contribution < 1.29 is 33.4 Å². The minimum Gasteiger partial charge on any atom is -0.465 e. The Balaban J connectivity index is 1.71. The number of hydrogen-bond donors (Lipinski definition) is 1. The van der Waals surface area contributed by atoms with Gasteiger partial charge in [-0.2, -0.15) is 0 Å². The number of carbonyl (C=O) groups is 4. The van der Waals surface area contributed by atoms with E-state index in [2.05, 4.69) is 5.32 Å². The van der Waals surface area contributed by atoms with Gasteiger partial charge in [-0.1, -0.05) is 74.5 Å². The highest BCUT2D eigenvalue weighted by atomic mass is 16.6. The highest BCUT2D eigenvalue weighted by Crippen LogP contribution is 2.29. The normalized spacial score (nSPS) is 11.0. The van der Waals surface area contributed by atoms with E-state index >= 15 is 0 Å². The summed E-state index contributed by atoms with van der Waals surface area (Å²) in [6, 6.07) is 22.5. The minimum atomic E-state index is -1.96. The molecule has 1 N–H and O–H groups in total. The quantitative estimate of drug-likeness (QED) is 0.189. The molecule has 0 bridgehead atoms. The molecule has 0 aliphatic carbocycles. The zero-order chi connectivity index (χ0) is 29.1. The van der Waals surface area contributed by atoms with E-state index in [1.807, 2.05) is 32.0 Å². The number of hydrogen-bond acceptors (Lipinski definition) is 7. The Labute approximate surface area is 234 Å². The molecule has 0 aliphatic rings. The van der Waals surface area contributed by atoms with Crippen molar-refractivity contribution in [3.8, 4) is 0 Å². The predicted octanol–water partition coefficient (Wildman–Crippen LogP) is 5.21. The maximum Gasteiger partial charge on any atom is 0.331 e. The number of carbonyl (C=O) groups excluding carboxylic acids is 4. The summed E-state index contributed by atoms with van der Waals surface area (Å²) < 4.78 is 15.9. The van der Waals surface area contributed by atoms with E-state index in [0.717, 1.165) is 5.56 Å². The fourth-order valence-corrected chi connectivity index (χ4v) is 4.27. The first-order valence-corrected chi connectivity index (χ1v) is 13.3. The lowest BCUT2D eigenvalue weighted by Gasteiger charge is -2.29. The van der Waals surface area contributed by atoms with Crippen molar-refractivity contribution in [3.63, 3.8) is 0 Å². The third-order valence-corrected chi connectivity index (χ3v) is 6.35. The van der Waals surface area contributed by atoms with Gasteiger partial charge in [0.2, 0.25) is 5.41 Å². The molecule has 0 saturated heterocycles. The monoisotopic (exact) mass is 545 g/mol. The molecule has 0 heterocycles. The van der Waals surface area contributed by atoms with Gasteiger partial charge >= 0.3 is 17.9 Å². The summed E-state index contributed by atoms with van der Waals surface area (Å²) in [7, 11) is 0. The fraction of sp³-hybridized carbons (Fsp3) is 0.312. The van der Waals surface area contributed by atoms with Crippen molar-refractivity contribution in [1.29, 1.82) is 0 Å². The SMILES string of the molecule is CCOC(=O)C(COC(=O)Cc1ccc(NC(=O)c2ccccc2C(C)C)cc1)(C(=O)OCC)c1ccccc1. The lowest BCUT2D eigenvalue weighted by Crippen LogP contribution is -2.50. The molecule has 0 atom stereocenters. The number of amides is 1. The van der Waals surface area contributed by atoms with Gasteiger partial charge in [-0.05, 0) is 54.7 Å². The van der Waals surface area contributed by atoms with Crippen LogP contribution in [-0.2, 0) is 40.4 Å². The summed E-state index contributed by atoms with van der Waals surface area (Å²) in [6.45, 7) is 6.81. The molecule has 0 fully saturated rings. The van der Waals surface area contributed by atoms with Gasteiger partial charge in [-0.25, -0.2) is 0 Å². The lowest BCUT2D eigenvalue weighted by atomic mass is 9.81. The van der Waals surface area contributed by atoms with Gasteiger partial charge in [0, 0.05) is 11.3 Å². The molecule has 0 radical (unpaired) electrons. The maximum atomic E-state index is 13.1. The molecule has 3 aromatic rings. The third kappa shape index (κ3) is 7.14. The minimum absolute atomic E-state index is 0.0344. The van der Waals surface area contributed by atoms with Gasteiger partial charge in [0.15, 0.2) is 0 Å². The number of nitrogens with one attached hydrogen (secondary N) is 1. The number of anilines is 1. The molecule has 3 rings (SSSR count). The summed E-state index contributed by atoms with van der Waals surface area (Å²) in [5, 5.41) is 2.89. The first-order valence-electron chi connectivity index (χ1n) is 13.3. The topological polar surface area (TPSA) is 108 Å². The Bertz CT molecular complexity index is 1300. The molecule has 0 aromatic heterocycles. The summed E-state index contributed by atoms with van der Waals surface area (Å²) in [5.41, 5.74) is 1.12. The maximum absolute atomic E-state index is 13.1. The molecule has 40 heavy (non-hydrogen) atoms. The van der Waals surface area contributed by atoms with Crippen LogP contribution in [0, 0.1) is 0 Å². The molecule has 0 aliphatic heterocycles. The summed E-state index contributed by atoms with van der Waals surface area (Å²) in [4.78, 5) is 51.8. The summed E-state index contributed by atoms with van der Waals surface area (Å²) in [6.07, 6.45) is -0.110. The second kappa shape index (κ2) is 14.1. The van der Waals surface area contributed by atoms with Gasteiger partial charge in [0.1, 0.15) is 6.61 Å². The van der Waals surface area contributed by atoms with E-state index in [9.17, 15) is 19.2 Å². The van der Waals surface area contributed by atoms with E-state index in [0.29, 0.717) is 22.4 Å². The van der Waals surface area contributed by atoms with Gasteiger partial charge in [-0.3, -0.25) is 19.2 Å². The molecule has 0 unspecified atom stereocenters. The van der Waals surface area contributed by atoms with Crippen molar-refractivity contribution in [2.75, 3.05) is 25.1 Å². The van der Waals surface area contributed by atoms with E-state index in [4.69, 9.17) is 14.2 Å². The van der Waals surface area contributed by atoms with Crippen molar-refractivity contribution in [2.45, 2.75) is 45.4 Å². The average Bonchev–Trinajstić information content (AvgIpc) is 2.95. The predicted molar refractivity (Wildman–Crippen MR) is 151 cm³/mol. The molecule has 0 saturated carbocycles. The second-order valence-corrected chi connectivity index (χ2v) is 9.44. The van der Waals surface area contributed by atoms with Crippen LogP contribution in [0.5, 0.6) is 0 Å². The van der Waals surface area contributed by atoms with Crippen LogP contribution < -0.4 is 5.32 Å². The largest absolute Gasteiger partial charge is 0.465 e. The summed E-state index contributed by atoms with van der Waals surface area (Å²) >= 11 is 0. The number of ether oxygens (including phenoxy) is 3. The summed E-state index contributed by atoms with van der Waals surface area (Å²) in [5.74, 6) is -2.37. The van der Waals surface area contributed by atoms with Crippen LogP contribution in [0.2, 0.25) is 0 Å². The van der Waals surface area contributed by atoms with Crippen LogP contribution in [0.4, 0.5) is 5.69 Å².